The summed E-state index contributed by atoms with van der Waals surface area (Å²) >= 11 is 0. The molecule has 0 radical (unpaired) electrons. The van der Waals surface area contributed by atoms with E-state index in [0.717, 1.165) is 0 Å². The van der Waals surface area contributed by atoms with Crippen LogP contribution in [0.2, 0.25) is 0 Å². The molecular formula is C18H17NO3. The highest BCUT2D eigenvalue weighted by molar-refractivity contribution is 5.96. The van der Waals surface area contributed by atoms with Gasteiger partial charge in [-0.3, -0.25) is 4.79 Å². The van der Waals surface area contributed by atoms with Gasteiger partial charge >= 0.3 is 0 Å². The minimum atomic E-state index is -0.883. The summed E-state index contributed by atoms with van der Waals surface area (Å²) in [5, 5.41) is 18.9. The fourth-order valence-electron chi connectivity index (χ4n) is 2.09. The molecule has 0 aliphatic rings. The van der Waals surface area contributed by atoms with Crippen molar-refractivity contribution in [2.45, 2.75) is 19.4 Å². The summed E-state index contributed by atoms with van der Waals surface area (Å²) < 4.78 is 5.33. The Balaban J connectivity index is 2.02. The fourth-order valence-corrected chi connectivity index (χ4v) is 2.09. The molecule has 22 heavy (non-hydrogen) atoms. The molecule has 4 nitrogen and oxygen atoms in total. The van der Waals surface area contributed by atoms with Crippen molar-refractivity contribution < 1.29 is 14.6 Å². The number of carbonyl (C=O) groups excluding carboxylic acids is 1. The number of carbonyl (C=O) groups is 1. The Labute approximate surface area is 129 Å². The molecule has 1 unspecified atom stereocenters. The molecule has 112 valence electrons. The Hall–Kier alpha value is -2.64. The van der Waals surface area contributed by atoms with E-state index in [9.17, 15) is 9.90 Å². The van der Waals surface area contributed by atoms with Gasteiger partial charge in [-0.15, -0.1) is 0 Å². The third-order valence-corrected chi connectivity index (χ3v) is 3.29. The molecule has 2 rings (SSSR count). The van der Waals surface area contributed by atoms with Crippen LogP contribution < -0.4 is 4.74 Å². The number of benzene rings is 2. The van der Waals surface area contributed by atoms with Gasteiger partial charge in [-0.05, 0) is 48.9 Å². The summed E-state index contributed by atoms with van der Waals surface area (Å²) in [6.07, 6.45) is -0.883. The number of aliphatic hydroxyl groups excluding tert-OH is 1. The van der Waals surface area contributed by atoms with E-state index in [1.54, 1.807) is 48.5 Å². The average Bonchev–Trinajstić information content (AvgIpc) is 2.55. The molecule has 0 aromatic heterocycles. The van der Waals surface area contributed by atoms with E-state index in [-0.39, 0.29) is 12.2 Å². The number of Topliss-reactive ketones (excluding diaryl/α,β-unsaturated/α-hetero) is 1. The van der Waals surface area contributed by atoms with Crippen molar-refractivity contribution >= 4 is 5.78 Å². The number of aliphatic hydroxyl groups is 1. The van der Waals surface area contributed by atoms with Gasteiger partial charge in [0.2, 0.25) is 0 Å². The van der Waals surface area contributed by atoms with Gasteiger partial charge in [0.25, 0.3) is 0 Å². The van der Waals surface area contributed by atoms with Gasteiger partial charge in [-0.1, -0.05) is 12.1 Å². The van der Waals surface area contributed by atoms with Gasteiger partial charge in [-0.2, -0.15) is 5.26 Å². The number of ketones is 1. The third-order valence-electron chi connectivity index (χ3n) is 3.29. The van der Waals surface area contributed by atoms with Crippen LogP contribution in [0.15, 0.2) is 48.5 Å². The Morgan fingerprint density at radius 2 is 1.82 bits per heavy atom. The van der Waals surface area contributed by atoms with Crippen LogP contribution in [0.5, 0.6) is 5.75 Å². The first kappa shape index (κ1) is 15.7. The SMILES string of the molecule is CCOc1ccc(C(=O)CC(O)c2ccc(C#N)cc2)cc1. The van der Waals surface area contributed by atoms with Crippen LogP contribution in [0.1, 0.15) is 40.9 Å². The molecule has 0 aliphatic carbocycles. The van der Waals surface area contributed by atoms with Crippen molar-refractivity contribution in [3.63, 3.8) is 0 Å². The number of rotatable bonds is 6. The van der Waals surface area contributed by atoms with E-state index >= 15 is 0 Å². The van der Waals surface area contributed by atoms with Crippen LogP contribution in [-0.2, 0) is 0 Å². The molecule has 0 aliphatic heterocycles. The van der Waals surface area contributed by atoms with Gasteiger partial charge in [0.1, 0.15) is 5.75 Å². The highest BCUT2D eigenvalue weighted by Crippen LogP contribution is 2.21. The van der Waals surface area contributed by atoms with Crippen molar-refractivity contribution in [2.24, 2.45) is 0 Å². The molecule has 0 spiro atoms. The van der Waals surface area contributed by atoms with Gasteiger partial charge in [0, 0.05) is 12.0 Å². The van der Waals surface area contributed by atoms with E-state index in [0.29, 0.717) is 29.0 Å². The second kappa shape index (κ2) is 7.39. The zero-order chi connectivity index (χ0) is 15.9. The predicted molar refractivity (Wildman–Crippen MR) is 82.7 cm³/mol. The van der Waals surface area contributed by atoms with Gasteiger partial charge in [0.15, 0.2) is 5.78 Å². The number of hydrogen-bond donors (Lipinski definition) is 1. The smallest absolute Gasteiger partial charge is 0.165 e. The number of hydrogen-bond acceptors (Lipinski definition) is 4. The molecule has 4 heteroatoms. The maximum absolute atomic E-state index is 12.2. The first-order valence-electron chi connectivity index (χ1n) is 7.08. The van der Waals surface area contributed by atoms with Gasteiger partial charge in [0.05, 0.1) is 24.3 Å². The van der Waals surface area contributed by atoms with E-state index in [1.165, 1.54) is 0 Å². The molecule has 1 N–H and O–H groups in total. The van der Waals surface area contributed by atoms with Crippen molar-refractivity contribution in [2.75, 3.05) is 6.61 Å². The Morgan fingerprint density at radius 3 is 2.36 bits per heavy atom. The quantitative estimate of drug-likeness (QED) is 0.830. The normalized spacial score (nSPS) is 11.5. The van der Waals surface area contributed by atoms with Crippen molar-refractivity contribution in [1.29, 1.82) is 5.26 Å². The molecule has 0 saturated carbocycles. The van der Waals surface area contributed by atoms with Crippen molar-refractivity contribution in [1.82, 2.24) is 0 Å². The van der Waals surface area contributed by atoms with Crippen molar-refractivity contribution in [3.8, 4) is 11.8 Å². The van der Waals surface area contributed by atoms with E-state index in [4.69, 9.17) is 10.00 Å². The highest BCUT2D eigenvalue weighted by atomic mass is 16.5. The average molecular weight is 295 g/mol. The largest absolute Gasteiger partial charge is 0.494 e. The summed E-state index contributed by atoms with van der Waals surface area (Å²) in [5.74, 6) is 0.576. The molecule has 0 fully saturated rings. The molecule has 2 aromatic rings. The molecular weight excluding hydrogens is 278 g/mol. The lowest BCUT2D eigenvalue weighted by Gasteiger charge is -2.10. The molecule has 2 aromatic carbocycles. The summed E-state index contributed by atoms with van der Waals surface area (Å²) in [4.78, 5) is 12.2. The standard InChI is InChI=1S/C18H17NO3/c1-2-22-16-9-7-15(8-10-16)18(21)11-17(20)14-5-3-13(12-19)4-6-14/h3-10,17,20H,2,11H2,1H3. The number of nitrogens with zero attached hydrogens (tertiary/aromatic N) is 1. The minimum Gasteiger partial charge on any atom is -0.494 e. The van der Waals surface area contributed by atoms with Crippen LogP contribution in [-0.4, -0.2) is 17.5 Å². The summed E-state index contributed by atoms with van der Waals surface area (Å²) in [7, 11) is 0. The molecule has 1 atom stereocenters. The number of ether oxygens (including phenoxy) is 1. The minimum absolute atomic E-state index is 0.000117. The number of nitriles is 1. The molecule has 0 saturated heterocycles. The lowest BCUT2D eigenvalue weighted by Crippen LogP contribution is -2.07. The molecule has 0 amide bonds. The second-order valence-corrected chi connectivity index (χ2v) is 4.83. The first-order chi connectivity index (χ1) is 10.6. The first-order valence-corrected chi connectivity index (χ1v) is 7.08. The summed E-state index contributed by atoms with van der Waals surface area (Å²) in [5.41, 5.74) is 1.68. The van der Waals surface area contributed by atoms with Crippen LogP contribution in [0, 0.1) is 11.3 Å². The third kappa shape index (κ3) is 3.94. The maximum atomic E-state index is 12.2. The highest BCUT2D eigenvalue weighted by Gasteiger charge is 2.14. The fraction of sp³-hybridized carbons (Fsp3) is 0.222. The van der Waals surface area contributed by atoms with E-state index in [1.807, 2.05) is 13.0 Å². The van der Waals surface area contributed by atoms with Gasteiger partial charge < -0.3 is 9.84 Å². The Bertz CT molecular complexity index is 669. The van der Waals surface area contributed by atoms with Crippen LogP contribution in [0.4, 0.5) is 0 Å². The maximum Gasteiger partial charge on any atom is 0.165 e. The van der Waals surface area contributed by atoms with Crippen LogP contribution in [0.3, 0.4) is 0 Å². The van der Waals surface area contributed by atoms with E-state index in [2.05, 4.69) is 0 Å². The Morgan fingerprint density at radius 1 is 1.18 bits per heavy atom. The summed E-state index contributed by atoms with van der Waals surface area (Å²) in [6, 6.07) is 15.5. The lowest BCUT2D eigenvalue weighted by atomic mass is 9.99. The van der Waals surface area contributed by atoms with Crippen molar-refractivity contribution in [3.05, 3.63) is 65.2 Å². The monoisotopic (exact) mass is 295 g/mol. The van der Waals surface area contributed by atoms with E-state index < -0.39 is 6.10 Å². The molecule has 0 heterocycles. The predicted octanol–water partition coefficient (Wildman–Crippen LogP) is 3.26. The Kier molecular flexibility index (Phi) is 5.29. The topological polar surface area (TPSA) is 70.3 Å². The van der Waals surface area contributed by atoms with Crippen LogP contribution in [0.25, 0.3) is 0 Å². The van der Waals surface area contributed by atoms with Gasteiger partial charge in [-0.25, -0.2) is 0 Å². The van der Waals surface area contributed by atoms with Crippen LogP contribution >= 0.6 is 0 Å². The lowest BCUT2D eigenvalue weighted by molar-refractivity contribution is 0.0880. The zero-order valence-electron chi connectivity index (χ0n) is 12.3. The zero-order valence-corrected chi connectivity index (χ0v) is 12.3. The molecule has 0 bridgehead atoms. The second-order valence-electron chi connectivity index (χ2n) is 4.83. The summed E-state index contributed by atoms with van der Waals surface area (Å²) in [6.45, 7) is 2.47.